The molecule has 5 nitrogen and oxygen atoms in total. The zero-order valence-corrected chi connectivity index (χ0v) is 10.1. The lowest BCUT2D eigenvalue weighted by Gasteiger charge is -2.24. The molecule has 0 atom stereocenters. The van der Waals surface area contributed by atoms with Gasteiger partial charge in [-0.15, -0.1) is 0 Å². The van der Waals surface area contributed by atoms with Crippen molar-refractivity contribution < 1.29 is 14.3 Å². The van der Waals surface area contributed by atoms with Gasteiger partial charge in [-0.05, 0) is 27.2 Å². The number of aliphatic hydroxyl groups excluding tert-OH is 1. The van der Waals surface area contributed by atoms with E-state index >= 15 is 0 Å². The number of nitrogens with one attached hydrogen (secondary N) is 1. The third-order valence-electron chi connectivity index (χ3n) is 2.30. The topological polar surface area (TPSA) is 75.4 Å². The van der Waals surface area contributed by atoms with Gasteiger partial charge in [-0.3, -0.25) is 4.79 Å². The van der Waals surface area contributed by atoms with Gasteiger partial charge in [-0.2, -0.15) is 0 Å². The first-order valence-corrected chi connectivity index (χ1v) is 5.23. The second kappa shape index (κ2) is 4.65. The highest BCUT2D eigenvalue weighted by atomic mass is 16.4. The molecule has 0 bridgehead atoms. The Kier molecular flexibility index (Phi) is 3.70. The largest absolute Gasteiger partial charge is 0.436 e. The van der Waals surface area contributed by atoms with Crippen LogP contribution in [0.3, 0.4) is 0 Å². The molecule has 0 spiro atoms. The molecule has 1 aromatic rings. The van der Waals surface area contributed by atoms with Gasteiger partial charge in [0.25, 0.3) is 5.91 Å². The Balaban J connectivity index is 2.76. The van der Waals surface area contributed by atoms with Crippen molar-refractivity contribution in [3.8, 4) is 0 Å². The van der Waals surface area contributed by atoms with Crippen LogP contribution < -0.4 is 5.32 Å². The number of hydrogen-bond donors (Lipinski definition) is 2. The third-order valence-corrected chi connectivity index (χ3v) is 2.30. The monoisotopic (exact) mass is 226 g/mol. The summed E-state index contributed by atoms with van der Waals surface area (Å²) < 4.78 is 5.21. The fraction of sp³-hybridized carbons (Fsp3) is 0.636. The van der Waals surface area contributed by atoms with E-state index in [2.05, 4.69) is 10.3 Å². The molecule has 2 N–H and O–H groups in total. The van der Waals surface area contributed by atoms with E-state index in [-0.39, 0.29) is 18.3 Å². The normalized spacial score (nSPS) is 11.6. The number of carbonyl (C=O) groups excluding carboxylic acids is 1. The van der Waals surface area contributed by atoms with E-state index in [0.717, 1.165) is 0 Å². The van der Waals surface area contributed by atoms with Gasteiger partial charge in [-0.1, -0.05) is 0 Å². The maximum atomic E-state index is 11.8. The minimum absolute atomic E-state index is 0.0295. The summed E-state index contributed by atoms with van der Waals surface area (Å²) in [6.07, 6.45) is 0.491. The summed E-state index contributed by atoms with van der Waals surface area (Å²) in [5, 5.41) is 11.7. The maximum absolute atomic E-state index is 11.8. The molecule has 1 rings (SSSR count). The fourth-order valence-electron chi connectivity index (χ4n) is 1.45. The number of aliphatic hydroxyl groups is 1. The molecule has 0 saturated carbocycles. The highest BCUT2D eigenvalue weighted by Crippen LogP contribution is 2.13. The van der Waals surface area contributed by atoms with Crippen molar-refractivity contribution in [3.63, 3.8) is 0 Å². The number of nitrogens with zero attached hydrogens (tertiary/aromatic N) is 1. The van der Waals surface area contributed by atoms with Crippen LogP contribution >= 0.6 is 0 Å². The Morgan fingerprint density at radius 3 is 2.56 bits per heavy atom. The standard InChI is InChI=1S/C11H18N2O3/c1-7-9(16-8(2)12-7)10(15)13-11(3,4)5-6-14/h14H,5-6H2,1-4H3,(H,13,15). The van der Waals surface area contributed by atoms with Crippen LogP contribution in [0, 0.1) is 13.8 Å². The van der Waals surface area contributed by atoms with Crippen LogP contribution in [0.15, 0.2) is 4.42 Å². The smallest absolute Gasteiger partial charge is 0.289 e. The second-order valence-electron chi connectivity index (χ2n) is 4.46. The zero-order valence-electron chi connectivity index (χ0n) is 10.1. The summed E-state index contributed by atoms with van der Waals surface area (Å²) in [4.78, 5) is 15.9. The van der Waals surface area contributed by atoms with Crippen LogP contribution in [-0.2, 0) is 0 Å². The van der Waals surface area contributed by atoms with E-state index in [9.17, 15) is 4.79 Å². The van der Waals surface area contributed by atoms with Crippen LogP contribution in [0.5, 0.6) is 0 Å². The summed E-state index contributed by atoms with van der Waals surface area (Å²) in [7, 11) is 0. The first-order valence-electron chi connectivity index (χ1n) is 5.23. The highest BCUT2D eigenvalue weighted by Gasteiger charge is 2.24. The Morgan fingerprint density at radius 2 is 2.12 bits per heavy atom. The lowest BCUT2D eigenvalue weighted by Crippen LogP contribution is -2.44. The Morgan fingerprint density at radius 1 is 1.50 bits per heavy atom. The number of aryl methyl sites for hydroxylation is 2. The van der Waals surface area contributed by atoms with E-state index in [4.69, 9.17) is 9.52 Å². The van der Waals surface area contributed by atoms with Gasteiger partial charge in [0.15, 0.2) is 5.89 Å². The second-order valence-corrected chi connectivity index (χ2v) is 4.46. The number of rotatable bonds is 4. The van der Waals surface area contributed by atoms with Gasteiger partial charge in [-0.25, -0.2) is 4.98 Å². The molecule has 16 heavy (non-hydrogen) atoms. The molecule has 90 valence electrons. The first kappa shape index (κ1) is 12.7. The fourth-order valence-corrected chi connectivity index (χ4v) is 1.45. The van der Waals surface area contributed by atoms with Gasteiger partial charge in [0.05, 0.1) is 5.69 Å². The molecular weight excluding hydrogens is 208 g/mol. The van der Waals surface area contributed by atoms with Gasteiger partial charge in [0.1, 0.15) is 0 Å². The predicted octanol–water partition coefficient (Wildman–Crippen LogP) is 1.18. The molecule has 1 aromatic heterocycles. The predicted molar refractivity (Wildman–Crippen MR) is 59.2 cm³/mol. The van der Waals surface area contributed by atoms with Gasteiger partial charge >= 0.3 is 0 Å². The molecule has 0 fully saturated rings. The Bertz CT molecular complexity index is 383. The maximum Gasteiger partial charge on any atom is 0.289 e. The lowest BCUT2D eigenvalue weighted by molar-refractivity contribution is 0.0868. The summed E-state index contributed by atoms with van der Waals surface area (Å²) in [5.74, 6) is 0.419. The molecule has 0 radical (unpaired) electrons. The van der Waals surface area contributed by atoms with Crippen molar-refractivity contribution >= 4 is 5.91 Å². The minimum Gasteiger partial charge on any atom is -0.436 e. The molecule has 0 aliphatic heterocycles. The SMILES string of the molecule is Cc1nc(C)c(C(=O)NC(C)(C)CCO)o1. The van der Waals surface area contributed by atoms with Crippen molar-refractivity contribution in [1.82, 2.24) is 10.3 Å². The van der Waals surface area contributed by atoms with E-state index in [0.29, 0.717) is 18.0 Å². The average Bonchev–Trinajstić information content (AvgIpc) is 2.44. The van der Waals surface area contributed by atoms with E-state index in [1.54, 1.807) is 13.8 Å². The number of oxazole rings is 1. The molecule has 0 unspecified atom stereocenters. The van der Waals surface area contributed by atoms with Crippen LogP contribution in [0.1, 0.15) is 42.4 Å². The van der Waals surface area contributed by atoms with E-state index in [1.807, 2.05) is 13.8 Å². The molecule has 0 saturated heterocycles. The molecule has 0 aromatic carbocycles. The Hall–Kier alpha value is -1.36. The Labute approximate surface area is 94.9 Å². The number of hydrogen-bond acceptors (Lipinski definition) is 4. The molecule has 0 aliphatic rings. The van der Waals surface area contributed by atoms with Crippen molar-refractivity contribution in [3.05, 3.63) is 17.3 Å². The van der Waals surface area contributed by atoms with Crippen LogP contribution in [0.4, 0.5) is 0 Å². The summed E-state index contributed by atoms with van der Waals surface area (Å²) in [6.45, 7) is 7.15. The van der Waals surface area contributed by atoms with Crippen LogP contribution in [-0.4, -0.2) is 28.1 Å². The number of carbonyl (C=O) groups is 1. The molecule has 5 heteroatoms. The van der Waals surface area contributed by atoms with Crippen LogP contribution in [0.25, 0.3) is 0 Å². The van der Waals surface area contributed by atoms with Gasteiger partial charge in [0, 0.05) is 19.1 Å². The van der Waals surface area contributed by atoms with Gasteiger partial charge in [0.2, 0.25) is 5.76 Å². The van der Waals surface area contributed by atoms with Gasteiger partial charge < -0.3 is 14.8 Å². The van der Waals surface area contributed by atoms with Crippen molar-refractivity contribution in [1.29, 1.82) is 0 Å². The zero-order chi connectivity index (χ0) is 12.3. The summed E-state index contributed by atoms with van der Waals surface area (Å²) >= 11 is 0. The first-order chi connectivity index (χ1) is 7.35. The summed E-state index contributed by atoms with van der Waals surface area (Å²) in [6, 6.07) is 0. The average molecular weight is 226 g/mol. The summed E-state index contributed by atoms with van der Waals surface area (Å²) in [5.41, 5.74) is 0.119. The van der Waals surface area contributed by atoms with E-state index < -0.39 is 5.54 Å². The van der Waals surface area contributed by atoms with Crippen LogP contribution in [0.2, 0.25) is 0 Å². The van der Waals surface area contributed by atoms with E-state index in [1.165, 1.54) is 0 Å². The lowest BCUT2D eigenvalue weighted by atomic mass is 10.0. The molecular formula is C11H18N2O3. The number of amides is 1. The van der Waals surface area contributed by atoms with Crippen molar-refractivity contribution in [2.45, 2.75) is 39.7 Å². The third kappa shape index (κ3) is 3.06. The minimum atomic E-state index is -0.459. The molecule has 1 heterocycles. The highest BCUT2D eigenvalue weighted by molar-refractivity contribution is 5.92. The quantitative estimate of drug-likeness (QED) is 0.808. The molecule has 1 amide bonds. The number of aromatic nitrogens is 1. The van der Waals surface area contributed by atoms with Crippen molar-refractivity contribution in [2.75, 3.05) is 6.61 Å². The molecule has 0 aliphatic carbocycles. The van der Waals surface area contributed by atoms with Crippen molar-refractivity contribution in [2.24, 2.45) is 0 Å².